The van der Waals surface area contributed by atoms with Gasteiger partial charge in [0.2, 0.25) is 0 Å². The summed E-state index contributed by atoms with van der Waals surface area (Å²) in [5.41, 5.74) is 0.823. The molecule has 1 saturated heterocycles. The number of furan rings is 1. The average Bonchev–Trinajstić information content (AvgIpc) is 3.07. The predicted molar refractivity (Wildman–Crippen MR) is 73.0 cm³/mol. The van der Waals surface area contributed by atoms with Gasteiger partial charge in [-0.15, -0.1) is 0 Å². The summed E-state index contributed by atoms with van der Waals surface area (Å²) in [5, 5.41) is 11.3. The molecule has 4 heteroatoms. The van der Waals surface area contributed by atoms with Gasteiger partial charge in [0, 0.05) is 24.6 Å². The zero-order valence-corrected chi connectivity index (χ0v) is 11.1. The maximum absolute atomic E-state index is 10.3. The molecule has 1 fully saturated rings. The smallest absolute Gasteiger partial charge is 0.135 e. The van der Waals surface area contributed by atoms with Crippen molar-refractivity contribution in [3.8, 4) is 0 Å². The van der Waals surface area contributed by atoms with Gasteiger partial charge in [-0.05, 0) is 25.6 Å². The zero-order valence-electron chi connectivity index (χ0n) is 11.1. The van der Waals surface area contributed by atoms with Gasteiger partial charge in [-0.25, -0.2) is 0 Å². The highest BCUT2D eigenvalue weighted by Gasteiger charge is 2.23. The molecule has 4 nitrogen and oxygen atoms in total. The van der Waals surface area contributed by atoms with E-state index in [0.717, 1.165) is 30.6 Å². The molecule has 2 aromatic rings. The Morgan fingerprint density at radius 3 is 3.00 bits per heavy atom. The second-order valence-electron chi connectivity index (χ2n) is 5.16. The van der Waals surface area contributed by atoms with Crippen LogP contribution in [0.15, 0.2) is 34.7 Å². The van der Waals surface area contributed by atoms with E-state index in [-0.39, 0.29) is 0 Å². The molecule has 0 amide bonds. The summed E-state index contributed by atoms with van der Waals surface area (Å²) >= 11 is 0. The molecule has 0 radical (unpaired) electrons. The van der Waals surface area contributed by atoms with Crippen molar-refractivity contribution in [3.63, 3.8) is 0 Å². The molecule has 1 aromatic carbocycles. The van der Waals surface area contributed by atoms with Gasteiger partial charge in [-0.3, -0.25) is 4.90 Å². The van der Waals surface area contributed by atoms with Crippen molar-refractivity contribution in [2.75, 3.05) is 26.8 Å². The quantitative estimate of drug-likeness (QED) is 0.916. The van der Waals surface area contributed by atoms with Crippen LogP contribution in [0.1, 0.15) is 18.3 Å². The Kier molecular flexibility index (Phi) is 3.55. The van der Waals surface area contributed by atoms with Gasteiger partial charge in [-0.2, -0.15) is 0 Å². The Morgan fingerprint density at radius 2 is 2.26 bits per heavy atom. The van der Waals surface area contributed by atoms with E-state index in [4.69, 9.17) is 9.15 Å². The highest BCUT2D eigenvalue weighted by atomic mass is 16.5. The number of fused-ring (bicyclic) bond motifs is 1. The number of nitrogens with zero attached hydrogens (tertiary/aromatic N) is 1. The largest absolute Gasteiger partial charge is 0.458 e. The van der Waals surface area contributed by atoms with Crippen molar-refractivity contribution in [1.82, 2.24) is 4.90 Å². The summed E-state index contributed by atoms with van der Waals surface area (Å²) in [6.45, 7) is 2.13. The molecule has 2 unspecified atom stereocenters. The van der Waals surface area contributed by atoms with Crippen molar-refractivity contribution in [2.45, 2.75) is 18.6 Å². The van der Waals surface area contributed by atoms with Crippen LogP contribution in [0.3, 0.4) is 0 Å². The Bertz CT molecular complexity index is 512. The standard InChI is InChI=1S/C15H19NO3/c1-16(12-6-7-18-10-12)9-13(17)15-8-11-4-2-3-5-14(11)19-15/h2-5,8,12-13,17H,6-7,9-10H2,1H3. The van der Waals surface area contributed by atoms with E-state index in [1.54, 1.807) is 0 Å². The summed E-state index contributed by atoms with van der Waals surface area (Å²) < 4.78 is 11.1. The number of rotatable bonds is 4. The molecular weight excluding hydrogens is 242 g/mol. The monoisotopic (exact) mass is 261 g/mol. The van der Waals surface area contributed by atoms with Crippen LogP contribution in [0.25, 0.3) is 11.0 Å². The fraction of sp³-hybridized carbons (Fsp3) is 0.467. The van der Waals surface area contributed by atoms with Crippen LogP contribution in [-0.2, 0) is 4.74 Å². The second-order valence-corrected chi connectivity index (χ2v) is 5.16. The number of hydrogen-bond donors (Lipinski definition) is 1. The Balaban J connectivity index is 1.70. The van der Waals surface area contributed by atoms with E-state index in [1.807, 2.05) is 37.4 Å². The molecule has 0 bridgehead atoms. The van der Waals surface area contributed by atoms with Gasteiger partial charge in [0.1, 0.15) is 17.4 Å². The van der Waals surface area contributed by atoms with Crippen LogP contribution in [0.5, 0.6) is 0 Å². The lowest BCUT2D eigenvalue weighted by molar-refractivity contribution is 0.0820. The summed E-state index contributed by atoms with van der Waals surface area (Å²) in [5.74, 6) is 0.631. The first kappa shape index (κ1) is 12.7. The van der Waals surface area contributed by atoms with Gasteiger partial charge in [0.15, 0.2) is 0 Å². The van der Waals surface area contributed by atoms with Crippen molar-refractivity contribution in [2.24, 2.45) is 0 Å². The van der Waals surface area contributed by atoms with E-state index in [9.17, 15) is 5.11 Å². The van der Waals surface area contributed by atoms with E-state index in [2.05, 4.69) is 4.90 Å². The lowest BCUT2D eigenvalue weighted by atomic mass is 10.2. The van der Waals surface area contributed by atoms with Crippen LogP contribution in [0, 0.1) is 0 Å². The molecule has 3 rings (SSSR count). The third-order valence-electron chi connectivity index (χ3n) is 3.76. The average molecular weight is 261 g/mol. The number of para-hydroxylation sites is 1. The first-order chi connectivity index (χ1) is 9.24. The maximum Gasteiger partial charge on any atom is 0.135 e. The number of hydrogen-bond acceptors (Lipinski definition) is 4. The third-order valence-corrected chi connectivity index (χ3v) is 3.76. The minimum Gasteiger partial charge on any atom is -0.458 e. The van der Waals surface area contributed by atoms with Crippen LogP contribution >= 0.6 is 0 Å². The van der Waals surface area contributed by atoms with Crippen LogP contribution < -0.4 is 0 Å². The second kappa shape index (κ2) is 5.33. The fourth-order valence-corrected chi connectivity index (χ4v) is 2.55. The van der Waals surface area contributed by atoms with Crippen molar-refractivity contribution in [3.05, 3.63) is 36.1 Å². The molecule has 0 saturated carbocycles. The molecule has 1 N–H and O–H groups in total. The van der Waals surface area contributed by atoms with E-state index >= 15 is 0 Å². The summed E-state index contributed by atoms with van der Waals surface area (Å²) in [7, 11) is 2.02. The topological polar surface area (TPSA) is 45.8 Å². The highest BCUT2D eigenvalue weighted by molar-refractivity contribution is 5.77. The van der Waals surface area contributed by atoms with Crippen LogP contribution in [0.4, 0.5) is 0 Å². The molecule has 102 valence electrons. The number of aliphatic hydroxyl groups excluding tert-OH is 1. The minimum absolute atomic E-state index is 0.402. The Morgan fingerprint density at radius 1 is 1.42 bits per heavy atom. The van der Waals surface area contributed by atoms with Gasteiger partial charge >= 0.3 is 0 Å². The summed E-state index contributed by atoms with van der Waals surface area (Å²) in [4.78, 5) is 2.14. The van der Waals surface area contributed by atoms with Gasteiger partial charge < -0.3 is 14.3 Å². The number of ether oxygens (including phenoxy) is 1. The molecule has 0 aliphatic carbocycles. The molecular formula is C15H19NO3. The SMILES string of the molecule is CN(CC(O)c1cc2ccccc2o1)C1CCOC1. The van der Waals surface area contributed by atoms with E-state index in [0.29, 0.717) is 18.3 Å². The molecule has 19 heavy (non-hydrogen) atoms. The molecule has 0 spiro atoms. The first-order valence-corrected chi connectivity index (χ1v) is 6.68. The third kappa shape index (κ3) is 2.66. The minimum atomic E-state index is -0.599. The summed E-state index contributed by atoms with van der Waals surface area (Å²) in [6, 6.07) is 10.1. The molecule has 1 aliphatic heterocycles. The van der Waals surface area contributed by atoms with Gasteiger partial charge in [-0.1, -0.05) is 18.2 Å². The predicted octanol–water partition coefficient (Wildman–Crippen LogP) is 2.19. The molecule has 1 aliphatic rings. The van der Waals surface area contributed by atoms with E-state index in [1.165, 1.54) is 0 Å². The van der Waals surface area contributed by atoms with Gasteiger partial charge in [0.25, 0.3) is 0 Å². The summed E-state index contributed by atoms with van der Waals surface area (Å²) in [6.07, 6.45) is 0.432. The lowest BCUT2D eigenvalue weighted by Gasteiger charge is -2.24. The number of benzene rings is 1. The van der Waals surface area contributed by atoms with Crippen molar-refractivity contribution in [1.29, 1.82) is 0 Å². The van der Waals surface area contributed by atoms with Crippen molar-refractivity contribution >= 4 is 11.0 Å². The molecule has 2 heterocycles. The van der Waals surface area contributed by atoms with Crippen LogP contribution in [0.2, 0.25) is 0 Å². The van der Waals surface area contributed by atoms with Crippen molar-refractivity contribution < 1.29 is 14.3 Å². The first-order valence-electron chi connectivity index (χ1n) is 6.68. The highest BCUT2D eigenvalue weighted by Crippen LogP contribution is 2.25. The Labute approximate surface area is 112 Å². The fourth-order valence-electron chi connectivity index (χ4n) is 2.55. The Hall–Kier alpha value is -1.36. The molecule has 1 aromatic heterocycles. The number of likely N-dealkylation sites (N-methyl/N-ethyl adjacent to an activating group) is 1. The number of aliphatic hydroxyl groups is 1. The van der Waals surface area contributed by atoms with Crippen LogP contribution in [-0.4, -0.2) is 42.9 Å². The normalized spacial score (nSPS) is 21.3. The van der Waals surface area contributed by atoms with E-state index < -0.39 is 6.10 Å². The van der Waals surface area contributed by atoms with Gasteiger partial charge in [0.05, 0.1) is 6.61 Å². The lowest BCUT2D eigenvalue weighted by Crippen LogP contribution is -2.35. The zero-order chi connectivity index (χ0) is 13.2. The molecule has 2 atom stereocenters. The maximum atomic E-state index is 10.3.